The van der Waals surface area contributed by atoms with Crippen LogP contribution in [0.3, 0.4) is 0 Å². The van der Waals surface area contributed by atoms with Gasteiger partial charge in [0.25, 0.3) is 0 Å². The number of aliphatic hydroxyl groups is 1. The molecule has 1 aromatic rings. The third-order valence-electron chi connectivity index (χ3n) is 2.72. The zero-order valence-corrected chi connectivity index (χ0v) is 10.4. The van der Waals surface area contributed by atoms with Crippen molar-refractivity contribution in [3.05, 3.63) is 29.8 Å². The number of ether oxygens (including phenoxy) is 2. The van der Waals surface area contributed by atoms with Crippen LogP contribution in [0.25, 0.3) is 0 Å². The van der Waals surface area contributed by atoms with Crippen molar-refractivity contribution < 1.29 is 14.6 Å². The van der Waals surface area contributed by atoms with E-state index in [1.165, 1.54) is 0 Å². The van der Waals surface area contributed by atoms with Crippen molar-refractivity contribution in [2.75, 3.05) is 20.8 Å². The quantitative estimate of drug-likeness (QED) is 0.756. The van der Waals surface area contributed by atoms with Crippen LogP contribution in [0.5, 0.6) is 5.75 Å². The average molecular weight is 239 g/mol. The van der Waals surface area contributed by atoms with Crippen molar-refractivity contribution in [3.63, 3.8) is 0 Å². The summed E-state index contributed by atoms with van der Waals surface area (Å²) in [6.45, 7) is 0.622. The van der Waals surface area contributed by atoms with Crippen LogP contribution in [0.2, 0.25) is 0 Å². The van der Waals surface area contributed by atoms with Crippen molar-refractivity contribution in [2.45, 2.75) is 25.0 Å². The molecule has 1 aromatic carbocycles. The third-order valence-corrected chi connectivity index (χ3v) is 2.72. The first-order chi connectivity index (χ1) is 8.17. The van der Waals surface area contributed by atoms with Gasteiger partial charge in [-0.05, 0) is 30.5 Å². The van der Waals surface area contributed by atoms with Gasteiger partial charge in [0.15, 0.2) is 0 Å². The molecular formula is C13H21NO3. The van der Waals surface area contributed by atoms with Crippen molar-refractivity contribution in [2.24, 2.45) is 5.73 Å². The molecule has 0 fully saturated rings. The molecule has 4 nitrogen and oxygen atoms in total. The predicted molar refractivity (Wildman–Crippen MR) is 67.0 cm³/mol. The van der Waals surface area contributed by atoms with Gasteiger partial charge in [0, 0.05) is 19.8 Å². The van der Waals surface area contributed by atoms with Crippen LogP contribution in [0.4, 0.5) is 0 Å². The van der Waals surface area contributed by atoms with Gasteiger partial charge >= 0.3 is 0 Å². The first-order valence-electron chi connectivity index (χ1n) is 5.74. The van der Waals surface area contributed by atoms with Gasteiger partial charge in [-0.1, -0.05) is 12.1 Å². The molecule has 0 saturated carbocycles. The Hall–Kier alpha value is -1.10. The summed E-state index contributed by atoms with van der Waals surface area (Å²) in [5, 5.41) is 9.99. The largest absolute Gasteiger partial charge is 0.497 e. The summed E-state index contributed by atoms with van der Waals surface area (Å²) in [6.07, 6.45) is 0.757. The Morgan fingerprint density at radius 3 is 2.41 bits per heavy atom. The van der Waals surface area contributed by atoms with E-state index in [1.54, 1.807) is 14.2 Å². The zero-order chi connectivity index (χ0) is 12.7. The first-order valence-corrected chi connectivity index (χ1v) is 5.74. The summed E-state index contributed by atoms with van der Waals surface area (Å²) in [7, 11) is 3.26. The molecule has 0 aliphatic heterocycles. The molecule has 4 heteroatoms. The summed E-state index contributed by atoms with van der Waals surface area (Å²) >= 11 is 0. The van der Waals surface area contributed by atoms with E-state index in [0.717, 1.165) is 17.7 Å². The van der Waals surface area contributed by atoms with Gasteiger partial charge in [-0.15, -0.1) is 0 Å². The van der Waals surface area contributed by atoms with E-state index in [2.05, 4.69) is 0 Å². The van der Waals surface area contributed by atoms with Gasteiger partial charge < -0.3 is 20.3 Å². The number of methoxy groups -OCH3 is 2. The second kappa shape index (κ2) is 7.27. The van der Waals surface area contributed by atoms with Crippen LogP contribution >= 0.6 is 0 Å². The van der Waals surface area contributed by atoms with Crippen LogP contribution in [0.1, 0.15) is 24.5 Å². The smallest absolute Gasteiger partial charge is 0.118 e. The minimum Gasteiger partial charge on any atom is -0.497 e. The van der Waals surface area contributed by atoms with Gasteiger partial charge in [0.05, 0.1) is 13.2 Å². The highest BCUT2D eigenvalue weighted by Crippen LogP contribution is 2.21. The maximum atomic E-state index is 9.99. The monoisotopic (exact) mass is 239 g/mol. The van der Waals surface area contributed by atoms with E-state index in [9.17, 15) is 5.11 Å². The Morgan fingerprint density at radius 1 is 1.24 bits per heavy atom. The van der Waals surface area contributed by atoms with Crippen LogP contribution in [-0.4, -0.2) is 32.0 Å². The number of rotatable bonds is 7. The van der Waals surface area contributed by atoms with Gasteiger partial charge in [-0.25, -0.2) is 0 Å². The topological polar surface area (TPSA) is 64.7 Å². The molecular weight excluding hydrogens is 218 g/mol. The molecule has 17 heavy (non-hydrogen) atoms. The fourth-order valence-corrected chi connectivity index (χ4v) is 1.64. The van der Waals surface area contributed by atoms with Crippen LogP contribution < -0.4 is 10.5 Å². The van der Waals surface area contributed by atoms with Crippen LogP contribution in [0, 0.1) is 0 Å². The summed E-state index contributed by atoms with van der Waals surface area (Å²) in [4.78, 5) is 0. The zero-order valence-electron chi connectivity index (χ0n) is 10.4. The lowest BCUT2D eigenvalue weighted by Gasteiger charge is -2.16. The standard InChI is InChI=1S/C13H21NO3/c1-16-8-7-11(14)9-13(15)10-3-5-12(17-2)6-4-10/h3-6,11,13,15H,7-9,14H2,1-2H3. The third kappa shape index (κ3) is 4.73. The van der Waals surface area contributed by atoms with E-state index in [4.69, 9.17) is 15.2 Å². The van der Waals surface area contributed by atoms with Gasteiger partial charge in [-0.3, -0.25) is 0 Å². The molecule has 0 radical (unpaired) electrons. The number of benzene rings is 1. The second-order valence-corrected chi connectivity index (χ2v) is 4.07. The summed E-state index contributed by atoms with van der Waals surface area (Å²) < 4.78 is 10.0. The van der Waals surface area contributed by atoms with Crippen molar-refractivity contribution >= 4 is 0 Å². The molecule has 0 spiro atoms. The Morgan fingerprint density at radius 2 is 1.88 bits per heavy atom. The van der Waals surface area contributed by atoms with Crippen molar-refractivity contribution in [1.82, 2.24) is 0 Å². The molecule has 1 rings (SSSR count). The molecule has 0 amide bonds. The normalized spacial score (nSPS) is 14.4. The fourth-order valence-electron chi connectivity index (χ4n) is 1.64. The SMILES string of the molecule is COCCC(N)CC(O)c1ccc(OC)cc1. The summed E-state index contributed by atoms with van der Waals surface area (Å²) in [5.41, 5.74) is 6.75. The first kappa shape index (κ1) is 14.0. The number of hydrogen-bond donors (Lipinski definition) is 2. The maximum absolute atomic E-state index is 9.99. The summed E-state index contributed by atoms with van der Waals surface area (Å²) in [5.74, 6) is 0.782. The van der Waals surface area contributed by atoms with Gasteiger partial charge in [0.1, 0.15) is 5.75 Å². The molecule has 0 saturated heterocycles. The highest BCUT2D eigenvalue weighted by atomic mass is 16.5. The minimum atomic E-state index is -0.534. The highest BCUT2D eigenvalue weighted by molar-refractivity contribution is 5.28. The van der Waals surface area contributed by atoms with Gasteiger partial charge in [-0.2, -0.15) is 0 Å². The van der Waals surface area contributed by atoms with E-state index in [-0.39, 0.29) is 6.04 Å². The lowest BCUT2D eigenvalue weighted by Crippen LogP contribution is -2.24. The molecule has 2 atom stereocenters. The van der Waals surface area contributed by atoms with E-state index in [0.29, 0.717) is 13.0 Å². The number of aliphatic hydroxyl groups excluding tert-OH is 1. The molecule has 0 heterocycles. The molecule has 3 N–H and O–H groups in total. The Kier molecular flexibility index (Phi) is 5.97. The van der Waals surface area contributed by atoms with E-state index in [1.807, 2.05) is 24.3 Å². The van der Waals surface area contributed by atoms with Crippen LogP contribution in [0.15, 0.2) is 24.3 Å². The lowest BCUT2D eigenvalue weighted by atomic mass is 10.0. The van der Waals surface area contributed by atoms with Crippen molar-refractivity contribution in [1.29, 1.82) is 0 Å². The Balaban J connectivity index is 2.47. The Labute approximate surface area is 102 Å². The predicted octanol–water partition coefficient (Wildman–Crippen LogP) is 1.48. The number of hydrogen-bond acceptors (Lipinski definition) is 4. The minimum absolute atomic E-state index is 0.0490. The molecule has 0 aliphatic carbocycles. The average Bonchev–Trinajstić information content (AvgIpc) is 2.36. The fraction of sp³-hybridized carbons (Fsp3) is 0.538. The van der Waals surface area contributed by atoms with Crippen LogP contribution in [-0.2, 0) is 4.74 Å². The Bertz CT molecular complexity index is 313. The second-order valence-electron chi connectivity index (χ2n) is 4.07. The highest BCUT2D eigenvalue weighted by Gasteiger charge is 2.12. The lowest BCUT2D eigenvalue weighted by molar-refractivity contribution is 0.141. The molecule has 2 unspecified atom stereocenters. The van der Waals surface area contributed by atoms with Crippen molar-refractivity contribution in [3.8, 4) is 5.75 Å². The van der Waals surface area contributed by atoms with E-state index >= 15 is 0 Å². The van der Waals surface area contributed by atoms with Gasteiger partial charge in [0.2, 0.25) is 0 Å². The maximum Gasteiger partial charge on any atom is 0.118 e. The molecule has 96 valence electrons. The van der Waals surface area contributed by atoms with E-state index < -0.39 is 6.10 Å². The number of nitrogens with two attached hydrogens (primary N) is 1. The molecule has 0 aliphatic rings. The molecule has 0 bridgehead atoms. The summed E-state index contributed by atoms with van der Waals surface area (Å²) in [6, 6.07) is 7.32. The molecule has 0 aromatic heterocycles.